The monoisotopic (exact) mass is 564 g/mol. The van der Waals surface area contributed by atoms with E-state index >= 15 is 0 Å². The van der Waals surface area contributed by atoms with E-state index in [0.717, 1.165) is 17.7 Å². The van der Waals surface area contributed by atoms with Gasteiger partial charge in [0.25, 0.3) is 9.82 Å². The van der Waals surface area contributed by atoms with Gasteiger partial charge in [0, 0.05) is 15.4 Å². The fourth-order valence-corrected chi connectivity index (χ4v) is 4.02. The summed E-state index contributed by atoms with van der Waals surface area (Å²) in [7, 11) is 0. The highest BCUT2D eigenvalue weighted by atomic mass is 127. The lowest BCUT2D eigenvalue weighted by atomic mass is 10.0. The number of ether oxygens (including phenoxy) is 1. The number of thiocarbonyl (C=S) groups is 1. The molecule has 2 unspecified atom stereocenters. The van der Waals surface area contributed by atoms with Gasteiger partial charge in [-0.15, -0.1) is 0 Å². The predicted molar refractivity (Wildman–Crippen MR) is 122 cm³/mol. The minimum Gasteiger partial charge on any atom is -0.449 e. The van der Waals surface area contributed by atoms with Crippen molar-refractivity contribution in [1.82, 2.24) is 4.90 Å². The Morgan fingerprint density at radius 1 is 1.33 bits per heavy atom. The Kier molecular flexibility index (Phi) is 10.1. The van der Waals surface area contributed by atoms with E-state index in [1.165, 1.54) is 0 Å². The largest absolute Gasteiger partial charge is 0.449 e. The normalized spacial score (nSPS) is 15.6. The summed E-state index contributed by atoms with van der Waals surface area (Å²) in [6.07, 6.45) is 1.52. The van der Waals surface area contributed by atoms with E-state index in [-0.39, 0.29) is 10.9 Å². The second kappa shape index (κ2) is 11.0. The average Bonchev–Trinajstić information content (AvgIpc) is 2.83. The van der Waals surface area contributed by atoms with Crippen LogP contribution in [0.1, 0.15) is 42.6 Å². The van der Waals surface area contributed by atoms with Gasteiger partial charge in [-0.25, -0.2) is 4.79 Å². The molecule has 1 aliphatic heterocycles. The maximum absolute atomic E-state index is 11.8. The molecule has 1 aromatic carbocycles. The smallest absolute Gasteiger partial charge is 0.404 e. The van der Waals surface area contributed by atoms with Crippen LogP contribution in [-0.2, 0) is 4.74 Å². The van der Waals surface area contributed by atoms with Crippen LogP contribution >= 0.6 is 69.6 Å². The second-order valence-electron chi connectivity index (χ2n) is 5.82. The zero-order chi connectivity index (χ0) is 20.8. The standard InChI is InChI=1S/C9H4Cl3NOS.C8H16INO2/c10-9(11,12)13-7(14)5-3-1-2-4-6(5)8(13)15;1-3-4-7(6(2)9)5-12-8(10)11/h1-4H;6-7H,3-5H2,1-2H3,(H2,10,11). The average molecular weight is 566 g/mol. The van der Waals surface area contributed by atoms with Crippen molar-refractivity contribution >= 4 is 86.6 Å². The third kappa shape index (κ3) is 7.20. The van der Waals surface area contributed by atoms with Crippen molar-refractivity contribution in [1.29, 1.82) is 0 Å². The van der Waals surface area contributed by atoms with Crippen LogP contribution in [0.5, 0.6) is 0 Å². The number of nitrogens with zero attached hydrogens (tertiary/aromatic N) is 1. The molecule has 5 nitrogen and oxygen atoms in total. The number of alkyl halides is 4. The number of primary amides is 1. The minimum atomic E-state index is -1.84. The van der Waals surface area contributed by atoms with Gasteiger partial charge in [0.1, 0.15) is 4.99 Å². The maximum Gasteiger partial charge on any atom is 0.404 e. The van der Waals surface area contributed by atoms with Crippen molar-refractivity contribution in [3.63, 3.8) is 0 Å². The van der Waals surface area contributed by atoms with Crippen LogP contribution in [0.2, 0.25) is 0 Å². The summed E-state index contributed by atoms with van der Waals surface area (Å²) in [4.78, 5) is 23.4. The number of rotatable bonds is 5. The van der Waals surface area contributed by atoms with Gasteiger partial charge in [-0.05, 0) is 12.5 Å². The van der Waals surface area contributed by atoms with E-state index in [4.69, 9.17) is 57.5 Å². The zero-order valence-corrected chi connectivity index (χ0v) is 20.0. The van der Waals surface area contributed by atoms with Gasteiger partial charge in [-0.1, -0.05) is 108 Å². The Morgan fingerprint density at radius 2 is 1.89 bits per heavy atom. The summed E-state index contributed by atoms with van der Waals surface area (Å²) in [5.74, 6) is 0.0544. The highest BCUT2D eigenvalue weighted by Crippen LogP contribution is 2.38. The molecule has 0 saturated heterocycles. The number of benzene rings is 1. The highest BCUT2D eigenvalue weighted by Gasteiger charge is 2.43. The van der Waals surface area contributed by atoms with E-state index in [1.807, 2.05) is 0 Å². The molecule has 0 aromatic heterocycles. The molecule has 10 heteroatoms. The third-order valence-electron chi connectivity index (χ3n) is 3.80. The quantitative estimate of drug-likeness (QED) is 0.223. The molecule has 0 spiro atoms. The molecule has 0 fully saturated rings. The van der Waals surface area contributed by atoms with Gasteiger partial charge in [-0.2, -0.15) is 0 Å². The molecule has 0 aliphatic carbocycles. The SMILES string of the molecule is CCCC(COC(N)=O)C(C)I.O=C1c2ccccc2C(=S)N1C(Cl)(Cl)Cl. The third-order valence-corrected chi connectivity index (χ3v) is 5.72. The highest BCUT2D eigenvalue weighted by molar-refractivity contribution is 14.1. The lowest BCUT2D eigenvalue weighted by Gasteiger charge is -2.23. The lowest BCUT2D eigenvalue weighted by molar-refractivity contribution is 0.0859. The van der Waals surface area contributed by atoms with Crippen LogP contribution in [0.3, 0.4) is 0 Å². The molecule has 0 bridgehead atoms. The molecule has 2 N–H and O–H groups in total. The van der Waals surface area contributed by atoms with Crippen LogP contribution in [-0.4, -0.2) is 36.3 Å². The Hall–Kier alpha value is -0.350. The first kappa shape index (κ1) is 24.7. The Morgan fingerprint density at radius 3 is 2.30 bits per heavy atom. The van der Waals surface area contributed by atoms with Crippen molar-refractivity contribution in [2.75, 3.05) is 6.61 Å². The molecule has 2 amide bonds. The van der Waals surface area contributed by atoms with Crippen LogP contribution in [0.25, 0.3) is 0 Å². The summed E-state index contributed by atoms with van der Waals surface area (Å²) >= 11 is 24.4. The van der Waals surface area contributed by atoms with Gasteiger partial charge in [0.15, 0.2) is 0 Å². The van der Waals surface area contributed by atoms with Gasteiger partial charge >= 0.3 is 6.09 Å². The Labute approximate surface area is 193 Å². The Balaban J connectivity index is 0.000000279. The summed E-state index contributed by atoms with van der Waals surface area (Å²) in [5, 5.41) is 0. The number of carbonyl (C=O) groups excluding carboxylic acids is 2. The minimum absolute atomic E-state index is 0.246. The molecular formula is C17H20Cl3IN2O3S. The molecule has 150 valence electrons. The van der Waals surface area contributed by atoms with Gasteiger partial charge in [0.2, 0.25) is 0 Å². The topological polar surface area (TPSA) is 72.6 Å². The second-order valence-corrected chi connectivity index (χ2v) is 10.4. The number of nitrogens with two attached hydrogens (primary N) is 1. The Bertz CT molecular complexity index is 663. The van der Waals surface area contributed by atoms with E-state index in [0.29, 0.717) is 27.6 Å². The number of hydrogen-bond acceptors (Lipinski definition) is 4. The fraction of sp³-hybridized carbons (Fsp3) is 0.471. The van der Waals surface area contributed by atoms with E-state index in [2.05, 4.69) is 36.4 Å². The summed E-state index contributed by atoms with van der Waals surface area (Å²) in [5.41, 5.74) is 5.97. The summed E-state index contributed by atoms with van der Waals surface area (Å²) < 4.78 is 3.43. The number of carbonyl (C=O) groups is 2. The van der Waals surface area contributed by atoms with Gasteiger partial charge in [0.05, 0.1) is 12.2 Å². The van der Waals surface area contributed by atoms with E-state index in [9.17, 15) is 9.59 Å². The zero-order valence-electron chi connectivity index (χ0n) is 14.8. The first-order valence-corrected chi connectivity index (χ1v) is 10.9. The molecule has 27 heavy (non-hydrogen) atoms. The van der Waals surface area contributed by atoms with E-state index < -0.39 is 10.0 Å². The number of halogens is 4. The van der Waals surface area contributed by atoms with E-state index in [1.54, 1.807) is 24.3 Å². The van der Waals surface area contributed by atoms with Crippen molar-refractivity contribution in [3.8, 4) is 0 Å². The molecule has 0 saturated carbocycles. The number of fused-ring (bicyclic) bond motifs is 1. The van der Waals surface area contributed by atoms with Crippen molar-refractivity contribution in [2.45, 2.75) is 34.5 Å². The molecule has 1 heterocycles. The lowest BCUT2D eigenvalue weighted by Crippen LogP contribution is -2.39. The molecule has 2 atom stereocenters. The molecule has 1 aliphatic rings. The van der Waals surface area contributed by atoms with Crippen LogP contribution < -0.4 is 5.73 Å². The van der Waals surface area contributed by atoms with Crippen molar-refractivity contribution < 1.29 is 14.3 Å². The van der Waals surface area contributed by atoms with Crippen LogP contribution in [0.15, 0.2) is 24.3 Å². The van der Waals surface area contributed by atoms with Gasteiger partial charge < -0.3 is 10.5 Å². The molecule has 1 aromatic rings. The summed E-state index contributed by atoms with van der Waals surface area (Å²) in [6.45, 7) is 4.69. The summed E-state index contributed by atoms with van der Waals surface area (Å²) in [6, 6.07) is 6.90. The molecule has 2 rings (SSSR count). The van der Waals surface area contributed by atoms with Crippen LogP contribution in [0, 0.1) is 5.92 Å². The van der Waals surface area contributed by atoms with Crippen molar-refractivity contribution in [2.24, 2.45) is 11.7 Å². The first-order chi connectivity index (χ1) is 12.5. The molecular weight excluding hydrogens is 546 g/mol. The first-order valence-electron chi connectivity index (χ1n) is 8.11. The number of hydrogen-bond donors (Lipinski definition) is 1. The molecule has 0 radical (unpaired) electrons. The predicted octanol–water partition coefficient (Wildman–Crippen LogP) is 5.47. The van der Waals surface area contributed by atoms with Crippen molar-refractivity contribution in [3.05, 3.63) is 35.4 Å². The number of amides is 2. The fourth-order valence-electron chi connectivity index (χ4n) is 2.43. The maximum atomic E-state index is 11.8. The van der Waals surface area contributed by atoms with Gasteiger partial charge in [-0.3, -0.25) is 9.69 Å². The van der Waals surface area contributed by atoms with Crippen LogP contribution in [0.4, 0.5) is 4.79 Å².